The Hall–Kier alpha value is -0.560. The van der Waals surface area contributed by atoms with E-state index in [1.165, 1.54) is 0 Å². The lowest BCUT2D eigenvalue weighted by Crippen LogP contribution is -2.49. The first-order chi connectivity index (χ1) is 12.2. The Morgan fingerprint density at radius 3 is 2.15 bits per heavy atom. The maximum Gasteiger partial charge on any atom is 0.226 e. The number of hydrogen-bond donors (Lipinski definition) is 1. The van der Waals surface area contributed by atoms with Gasteiger partial charge in [0.1, 0.15) is 0 Å². The number of likely N-dealkylation sites (tertiary alicyclic amines) is 1. The number of carbonyl (C=O) groups is 2. The van der Waals surface area contributed by atoms with Crippen LogP contribution in [0, 0.1) is 11.8 Å². The number of amides is 2. The minimum absolute atomic E-state index is 0. The van der Waals surface area contributed by atoms with Gasteiger partial charge in [0.05, 0.1) is 5.92 Å². The summed E-state index contributed by atoms with van der Waals surface area (Å²) in [5, 5.41) is 3.33. The molecule has 1 unspecified atom stereocenters. The van der Waals surface area contributed by atoms with Gasteiger partial charge in [0, 0.05) is 52.2 Å². The van der Waals surface area contributed by atoms with E-state index in [1.807, 2.05) is 9.80 Å². The van der Waals surface area contributed by atoms with E-state index in [1.54, 1.807) is 0 Å². The fourth-order valence-electron chi connectivity index (χ4n) is 4.37. The van der Waals surface area contributed by atoms with Gasteiger partial charge in [-0.25, -0.2) is 0 Å². The van der Waals surface area contributed by atoms with Crippen LogP contribution in [-0.4, -0.2) is 85.4 Å². The molecule has 0 aliphatic carbocycles. The van der Waals surface area contributed by atoms with Gasteiger partial charge in [0.2, 0.25) is 11.8 Å². The second-order valence-electron chi connectivity index (χ2n) is 7.83. The molecule has 0 aromatic rings. The monoisotopic (exact) mass is 422 g/mol. The van der Waals surface area contributed by atoms with Gasteiger partial charge in [-0.1, -0.05) is 6.92 Å². The van der Waals surface area contributed by atoms with E-state index >= 15 is 0 Å². The lowest BCUT2D eigenvalue weighted by atomic mass is 9.91. The molecule has 6 nitrogen and oxygen atoms in total. The summed E-state index contributed by atoms with van der Waals surface area (Å²) in [4.78, 5) is 31.6. The Morgan fingerprint density at radius 2 is 1.59 bits per heavy atom. The molecule has 1 N–H and O–H groups in total. The average molecular weight is 423 g/mol. The van der Waals surface area contributed by atoms with Crippen molar-refractivity contribution in [2.45, 2.75) is 39.0 Å². The van der Waals surface area contributed by atoms with E-state index < -0.39 is 0 Å². The van der Waals surface area contributed by atoms with Crippen molar-refractivity contribution < 1.29 is 9.59 Å². The van der Waals surface area contributed by atoms with Crippen LogP contribution in [0.2, 0.25) is 0 Å². The summed E-state index contributed by atoms with van der Waals surface area (Å²) in [6.07, 6.45) is 4.75. The quantitative estimate of drug-likeness (QED) is 0.747. The van der Waals surface area contributed by atoms with Gasteiger partial charge in [-0.15, -0.1) is 24.8 Å². The summed E-state index contributed by atoms with van der Waals surface area (Å²) < 4.78 is 0. The number of carbonyl (C=O) groups excluding carboxylic acids is 2. The molecule has 0 saturated carbocycles. The number of piperazine rings is 1. The van der Waals surface area contributed by atoms with Crippen LogP contribution < -0.4 is 5.32 Å². The third-order valence-electron chi connectivity index (χ3n) is 6.21. The number of piperidine rings is 2. The van der Waals surface area contributed by atoms with Crippen molar-refractivity contribution in [2.24, 2.45) is 11.8 Å². The highest BCUT2D eigenvalue weighted by Crippen LogP contribution is 2.24. The Bertz CT molecular complexity index is 459. The molecule has 1 atom stereocenters. The highest BCUT2D eigenvalue weighted by molar-refractivity contribution is 5.85. The molecule has 0 radical (unpaired) electrons. The van der Waals surface area contributed by atoms with Crippen molar-refractivity contribution in [1.29, 1.82) is 0 Å². The van der Waals surface area contributed by atoms with E-state index in [9.17, 15) is 9.59 Å². The van der Waals surface area contributed by atoms with E-state index in [0.717, 1.165) is 84.6 Å². The fourth-order valence-corrected chi connectivity index (χ4v) is 4.37. The number of nitrogens with zero attached hydrogens (tertiary/aromatic N) is 3. The number of nitrogens with one attached hydrogen (secondary N) is 1. The SMILES string of the molecule is CCN1CCN(C(=O)CC2CCN(C(=O)C3CCCNC3)CC2)CC1.Cl.Cl. The molecule has 3 aliphatic rings. The van der Waals surface area contributed by atoms with Crippen molar-refractivity contribution in [2.75, 3.05) is 58.9 Å². The third kappa shape index (κ3) is 6.77. The molecule has 0 bridgehead atoms. The molecule has 2 amide bonds. The molecular formula is C19H36Cl2N4O2. The number of rotatable bonds is 4. The Kier molecular flexibility index (Phi) is 11.0. The summed E-state index contributed by atoms with van der Waals surface area (Å²) in [5.74, 6) is 1.26. The van der Waals surface area contributed by atoms with Crippen molar-refractivity contribution in [3.8, 4) is 0 Å². The van der Waals surface area contributed by atoms with Crippen LogP contribution in [-0.2, 0) is 9.59 Å². The van der Waals surface area contributed by atoms with Gasteiger partial charge in [-0.05, 0) is 44.7 Å². The molecular weight excluding hydrogens is 387 g/mol. The largest absolute Gasteiger partial charge is 0.342 e. The van der Waals surface area contributed by atoms with E-state index in [2.05, 4.69) is 17.1 Å². The second-order valence-corrected chi connectivity index (χ2v) is 7.83. The summed E-state index contributed by atoms with van der Waals surface area (Å²) in [6, 6.07) is 0. The summed E-state index contributed by atoms with van der Waals surface area (Å²) in [7, 11) is 0. The normalized spacial score (nSPS) is 24.7. The first-order valence-corrected chi connectivity index (χ1v) is 10.2. The van der Waals surface area contributed by atoms with Gasteiger partial charge in [-0.3, -0.25) is 9.59 Å². The van der Waals surface area contributed by atoms with E-state index in [4.69, 9.17) is 0 Å². The first-order valence-electron chi connectivity index (χ1n) is 10.2. The van der Waals surface area contributed by atoms with Gasteiger partial charge < -0.3 is 20.0 Å². The molecule has 0 aromatic carbocycles. The summed E-state index contributed by atoms with van der Waals surface area (Å²) >= 11 is 0. The molecule has 27 heavy (non-hydrogen) atoms. The van der Waals surface area contributed by atoms with Crippen molar-refractivity contribution >= 4 is 36.6 Å². The minimum Gasteiger partial charge on any atom is -0.342 e. The van der Waals surface area contributed by atoms with Crippen LogP contribution in [0.4, 0.5) is 0 Å². The van der Waals surface area contributed by atoms with Crippen molar-refractivity contribution in [3.63, 3.8) is 0 Å². The second kappa shape index (κ2) is 12.1. The highest BCUT2D eigenvalue weighted by Gasteiger charge is 2.30. The molecule has 158 valence electrons. The topological polar surface area (TPSA) is 55.9 Å². The molecule has 3 heterocycles. The molecule has 0 aromatic heterocycles. The number of hydrogen-bond acceptors (Lipinski definition) is 4. The lowest BCUT2D eigenvalue weighted by molar-refractivity contribution is -0.138. The minimum atomic E-state index is 0. The van der Waals surface area contributed by atoms with Crippen LogP contribution in [0.3, 0.4) is 0 Å². The van der Waals surface area contributed by atoms with Gasteiger partial charge >= 0.3 is 0 Å². The Balaban J connectivity index is 0.00000182. The third-order valence-corrected chi connectivity index (χ3v) is 6.21. The maximum atomic E-state index is 12.6. The fraction of sp³-hybridized carbons (Fsp3) is 0.895. The Labute approximate surface area is 176 Å². The number of likely N-dealkylation sites (N-methyl/N-ethyl adjacent to an activating group) is 1. The van der Waals surface area contributed by atoms with Crippen molar-refractivity contribution in [1.82, 2.24) is 20.0 Å². The predicted molar refractivity (Wildman–Crippen MR) is 113 cm³/mol. The zero-order valence-electron chi connectivity index (χ0n) is 16.5. The summed E-state index contributed by atoms with van der Waals surface area (Å²) in [5.41, 5.74) is 0. The molecule has 3 fully saturated rings. The van der Waals surface area contributed by atoms with Gasteiger partial charge in [-0.2, -0.15) is 0 Å². The summed E-state index contributed by atoms with van der Waals surface area (Å²) in [6.45, 7) is 10.5. The smallest absolute Gasteiger partial charge is 0.226 e. The van der Waals surface area contributed by atoms with Crippen LogP contribution in [0.25, 0.3) is 0 Å². The first kappa shape index (κ1) is 24.5. The molecule has 8 heteroatoms. The van der Waals surface area contributed by atoms with Crippen LogP contribution in [0.5, 0.6) is 0 Å². The number of halogens is 2. The van der Waals surface area contributed by atoms with Crippen LogP contribution in [0.1, 0.15) is 39.0 Å². The molecule has 3 rings (SSSR count). The van der Waals surface area contributed by atoms with Crippen molar-refractivity contribution in [3.05, 3.63) is 0 Å². The zero-order chi connectivity index (χ0) is 17.6. The zero-order valence-corrected chi connectivity index (χ0v) is 18.2. The molecule has 0 spiro atoms. The maximum absolute atomic E-state index is 12.6. The molecule has 3 aliphatic heterocycles. The van der Waals surface area contributed by atoms with Crippen LogP contribution >= 0.6 is 24.8 Å². The predicted octanol–water partition coefficient (Wildman–Crippen LogP) is 1.62. The highest BCUT2D eigenvalue weighted by atomic mass is 35.5. The van der Waals surface area contributed by atoms with E-state index in [-0.39, 0.29) is 30.7 Å². The Morgan fingerprint density at radius 1 is 0.926 bits per heavy atom. The standard InChI is InChI=1S/C19H34N4O2.2ClH/c1-2-21-10-12-22(13-11-21)18(24)14-16-5-8-23(9-6-16)19(25)17-4-3-7-20-15-17;;/h16-17,20H,2-15H2,1H3;2*1H. The lowest BCUT2D eigenvalue weighted by Gasteiger charge is -2.37. The van der Waals surface area contributed by atoms with Gasteiger partial charge in [0.15, 0.2) is 0 Å². The molecule has 3 saturated heterocycles. The van der Waals surface area contributed by atoms with Gasteiger partial charge in [0.25, 0.3) is 0 Å². The van der Waals surface area contributed by atoms with Crippen LogP contribution in [0.15, 0.2) is 0 Å². The average Bonchev–Trinajstić information content (AvgIpc) is 2.68. The van der Waals surface area contributed by atoms with E-state index in [0.29, 0.717) is 24.2 Å².